The van der Waals surface area contributed by atoms with E-state index in [1.807, 2.05) is 60.7 Å². The van der Waals surface area contributed by atoms with Gasteiger partial charge in [-0.15, -0.1) is 5.10 Å². The second-order valence-electron chi connectivity index (χ2n) is 6.27. The number of amides is 1. The van der Waals surface area contributed by atoms with Crippen LogP contribution >= 0.6 is 15.9 Å². The number of nitrogens with zero attached hydrogens (tertiary/aromatic N) is 4. The molecule has 0 aliphatic heterocycles. The normalized spacial score (nSPS) is 11.0. The number of carbonyl (C=O) groups is 1. The smallest absolute Gasteiger partial charge is 0.311 e. The third-order valence-electron chi connectivity index (χ3n) is 4.20. The van der Waals surface area contributed by atoms with Crippen molar-refractivity contribution in [2.45, 2.75) is 0 Å². The van der Waals surface area contributed by atoms with Gasteiger partial charge in [0.2, 0.25) is 5.82 Å². The molecular weight excluding hydrogens is 446 g/mol. The summed E-state index contributed by atoms with van der Waals surface area (Å²) in [6.07, 6.45) is 1.35. The van der Waals surface area contributed by atoms with Crippen LogP contribution in [0.4, 0.5) is 0 Å². The van der Waals surface area contributed by atoms with Crippen LogP contribution in [0.25, 0.3) is 17.1 Å². The first kappa shape index (κ1) is 19.5. The Morgan fingerprint density at radius 3 is 2.47 bits per heavy atom. The van der Waals surface area contributed by atoms with Crippen LogP contribution in [-0.4, -0.2) is 32.0 Å². The van der Waals surface area contributed by atoms with Crippen molar-refractivity contribution < 1.29 is 9.90 Å². The van der Waals surface area contributed by atoms with Gasteiger partial charge in [0.15, 0.2) is 5.82 Å². The van der Waals surface area contributed by atoms with Crippen molar-refractivity contribution in [3.8, 4) is 22.8 Å². The molecule has 0 radical (unpaired) electrons. The third-order valence-corrected chi connectivity index (χ3v) is 4.70. The Balaban J connectivity index is 1.62. The van der Waals surface area contributed by atoms with E-state index < -0.39 is 5.91 Å². The van der Waals surface area contributed by atoms with Crippen molar-refractivity contribution in [1.82, 2.24) is 20.2 Å². The van der Waals surface area contributed by atoms with Crippen molar-refractivity contribution in [2.24, 2.45) is 5.10 Å². The van der Waals surface area contributed by atoms with Crippen LogP contribution in [0.15, 0.2) is 88.4 Å². The molecule has 4 rings (SSSR count). The molecule has 4 aromatic rings. The molecule has 0 bridgehead atoms. The number of benzene rings is 3. The Morgan fingerprint density at radius 1 is 1.03 bits per heavy atom. The monoisotopic (exact) mass is 461 g/mol. The minimum absolute atomic E-state index is 0.0201. The number of phenols is 1. The summed E-state index contributed by atoms with van der Waals surface area (Å²) in [7, 11) is 0. The molecule has 0 spiro atoms. The summed E-state index contributed by atoms with van der Waals surface area (Å²) >= 11 is 3.33. The maximum Gasteiger partial charge on any atom is 0.311 e. The van der Waals surface area contributed by atoms with Gasteiger partial charge in [-0.05, 0) is 30.3 Å². The fraction of sp³-hybridized carbons (Fsp3) is 0. The highest BCUT2D eigenvalue weighted by atomic mass is 79.9. The fourth-order valence-electron chi connectivity index (χ4n) is 2.77. The summed E-state index contributed by atoms with van der Waals surface area (Å²) < 4.78 is 2.40. The highest BCUT2D eigenvalue weighted by molar-refractivity contribution is 9.10. The Kier molecular flexibility index (Phi) is 5.67. The van der Waals surface area contributed by atoms with Crippen LogP contribution in [0.2, 0.25) is 0 Å². The van der Waals surface area contributed by atoms with Crippen molar-refractivity contribution >= 4 is 28.1 Å². The lowest BCUT2D eigenvalue weighted by Crippen LogP contribution is -2.19. The molecule has 0 saturated heterocycles. The van der Waals surface area contributed by atoms with Gasteiger partial charge < -0.3 is 5.11 Å². The number of para-hydroxylation sites is 1. The molecule has 148 valence electrons. The molecule has 0 aliphatic rings. The van der Waals surface area contributed by atoms with Crippen LogP contribution in [0.3, 0.4) is 0 Å². The zero-order chi connectivity index (χ0) is 20.9. The molecule has 3 aromatic carbocycles. The van der Waals surface area contributed by atoms with Crippen LogP contribution in [0, 0.1) is 0 Å². The first-order valence-corrected chi connectivity index (χ1v) is 9.81. The lowest BCUT2D eigenvalue weighted by atomic mass is 10.2. The van der Waals surface area contributed by atoms with E-state index in [1.54, 1.807) is 16.8 Å². The highest BCUT2D eigenvalue weighted by Gasteiger charge is 2.18. The molecule has 8 heteroatoms. The topological polar surface area (TPSA) is 92.4 Å². The van der Waals surface area contributed by atoms with Gasteiger partial charge in [0, 0.05) is 15.6 Å². The second kappa shape index (κ2) is 8.71. The molecule has 0 fully saturated rings. The van der Waals surface area contributed by atoms with E-state index in [0.717, 1.165) is 15.7 Å². The SMILES string of the molecule is O=C(N/N=C/c1cc(Br)ccc1O)c1nc(-c2ccccc2)n(-c2ccccc2)n1. The van der Waals surface area contributed by atoms with Crippen LogP contribution in [-0.2, 0) is 0 Å². The largest absolute Gasteiger partial charge is 0.507 e. The van der Waals surface area contributed by atoms with E-state index in [2.05, 4.69) is 36.5 Å². The third kappa shape index (κ3) is 4.28. The molecule has 0 unspecified atom stereocenters. The highest BCUT2D eigenvalue weighted by Crippen LogP contribution is 2.21. The van der Waals surface area contributed by atoms with Crippen molar-refractivity contribution in [1.29, 1.82) is 0 Å². The second-order valence-corrected chi connectivity index (χ2v) is 7.19. The van der Waals surface area contributed by atoms with Gasteiger partial charge in [0.25, 0.3) is 0 Å². The molecule has 7 nitrogen and oxygen atoms in total. The Bertz CT molecular complexity index is 1150. The summed E-state index contributed by atoms with van der Waals surface area (Å²) in [6.45, 7) is 0. The Morgan fingerprint density at radius 2 is 1.73 bits per heavy atom. The summed E-state index contributed by atoms with van der Waals surface area (Å²) in [5.41, 5.74) is 4.47. The van der Waals surface area contributed by atoms with E-state index >= 15 is 0 Å². The molecule has 30 heavy (non-hydrogen) atoms. The summed E-state index contributed by atoms with van der Waals surface area (Å²) in [5, 5.41) is 18.1. The van der Waals surface area contributed by atoms with E-state index in [1.165, 1.54) is 12.3 Å². The van der Waals surface area contributed by atoms with Crippen LogP contribution in [0.1, 0.15) is 16.2 Å². The number of rotatable bonds is 5. The quantitative estimate of drug-likeness (QED) is 0.344. The predicted octanol–water partition coefficient (Wildman–Crippen LogP) is 4.17. The number of phenolic OH excluding ortho intramolecular Hbond substituents is 1. The number of nitrogens with one attached hydrogen (secondary N) is 1. The molecule has 1 amide bonds. The van der Waals surface area contributed by atoms with Crippen molar-refractivity contribution in [3.05, 3.63) is 94.7 Å². The minimum atomic E-state index is -0.562. The van der Waals surface area contributed by atoms with E-state index in [0.29, 0.717) is 11.4 Å². The Hall–Kier alpha value is -3.78. The van der Waals surface area contributed by atoms with Gasteiger partial charge in [-0.3, -0.25) is 4.79 Å². The van der Waals surface area contributed by atoms with E-state index in [9.17, 15) is 9.90 Å². The van der Waals surface area contributed by atoms with Crippen LogP contribution < -0.4 is 5.43 Å². The van der Waals surface area contributed by atoms with Gasteiger partial charge in [0.05, 0.1) is 11.9 Å². The lowest BCUT2D eigenvalue weighted by Gasteiger charge is -2.05. The van der Waals surface area contributed by atoms with Gasteiger partial charge in [-0.2, -0.15) is 5.10 Å². The Labute approximate surface area is 180 Å². The standard InChI is InChI=1S/C22H16BrN5O2/c23-17-11-12-19(29)16(13-17)14-24-26-22(30)20-25-21(15-7-3-1-4-8-15)28(27-20)18-9-5-2-6-10-18/h1-14,29H,(H,26,30)/b24-14+. The average Bonchev–Trinajstić information content (AvgIpc) is 3.23. The minimum Gasteiger partial charge on any atom is -0.507 e. The molecule has 1 heterocycles. The van der Waals surface area contributed by atoms with Gasteiger partial charge in [-0.25, -0.2) is 15.1 Å². The first-order chi connectivity index (χ1) is 14.6. The zero-order valence-electron chi connectivity index (χ0n) is 15.6. The maximum absolute atomic E-state index is 12.6. The van der Waals surface area contributed by atoms with Crippen LogP contribution in [0.5, 0.6) is 5.75 Å². The number of hydrogen-bond donors (Lipinski definition) is 2. The summed E-state index contributed by atoms with van der Waals surface area (Å²) in [4.78, 5) is 17.0. The van der Waals surface area contributed by atoms with Gasteiger partial charge in [-0.1, -0.05) is 64.5 Å². The molecule has 0 aliphatic carbocycles. The maximum atomic E-state index is 12.6. The molecule has 2 N–H and O–H groups in total. The van der Waals surface area contributed by atoms with Gasteiger partial charge in [0.1, 0.15) is 5.75 Å². The number of aromatic nitrogens is 3. The number of carbonyl (C=O) groups excluding carboxylic acids is 1. The first-order valence-electron chi connectivity index (χ1n) is 9.01. The lowest BCUT2D eigenvalue weighted by molar-refractivity contribution is 0.0945. The molecule has 1 aromatic heterocycles. The molecule has 0 saturated carbocycles. The molecule has 0 atom stereocenters. The summed E-state index contributed by atoms with van der Waals surface area (Å²) in [5.74, 6) is 0.00975. The number of hydrogen-bond acceptors (Lipinski definition) is 5. The molecular formula is C22H16BrN5O2. The zero-order valence-corrected chi connectivity index (χ0v) is 17.2. The number of halogens is 1. The number of aromatic hydroxyl groups is 1. The van der Waals surface area contributed by atoms with E-state index in [-0.39, 0.29) is 11.6 Å². The van der Waals surface area contributed by atoms with Gasteiger partial charge >= 0.3 is 5.91 Å². The summed E-state index contributed by atoms with van der Waals surface area (Å²) in [6, 6.07) is 23.9. The predicted molar refractivity (Wildman–Crippen MR) is 118 cm³/mol. The van der Waals surface area contributed by atoms with Crippen molar-refractivity contribution in [3.63, 3.8) is 0 Å². The fourth-order valence-corrected chi connectivity index (χ4v) is 3.15. The average molecular weight is 462 g/mol. The van der Waals surface area contributed by atoms with E-state index in [4.69, 9.17) is 0 Å². The van der Waals surface area contributed by atoms with Crippen molar-refractivity contribution in [2.75, 3.05) is 0 Å². The number of hydrazone groups is 1.